The van der Waals surface area contributed by atoms with Crippen molar-refractivity contribution in [1.29, 1.82) is 0 Å². The molecule has 0 aliphatic heterocycles. The van der Waals surface area contributed by atoms with E-state index >= 15 is 0 Å². The molecule has 26 heavy (non-hydrogen) atoms. The third kappa shape index (κ3) is 3.98. The lowest BCUT2D eigenvalue weighted by Crippen LogP contribution is -2.19. The van der Waals surface area contributed by atoms with E-state index in [1.54, 1.807) is 0 Å². The van der Waals surface area contributed by atoms with Crippen molar-refractivity contribution < 1.29 is 0 Å². The molecule has 5 heteroatoms. The maximum atomic E-state index is 12.4. The summed E-state index contributed by atoms with van der Waals surface area (Å²) in [5.41, 5.74) is 4.63. The minimum atomic E-state index is -0.0306. The lowest BCUT2D eigenvalue weighted by Gasteiger charge is -2.09. The zero-order valence-corrected chi connectivity index (χ0v) is 16.0. The first-order valence-corrected chi connectivity index (χ1v) is 9.30. The normalized spacial score (nSPS) is 11.2. The van der Waals surface area contributed by atoms with Crippen LogP contribution in [0.4, 0.5) is 0 Å². The minimum Gasteiger partial charge on any atom is -0.310 e. The number of hydrogen-bond acceptors (Lipinski definition) is 4. The molecule has 0 spiro atoms. The SMILES string of the molecule is CCCCCc1c(C)nc(Cc2nc(C)c3ccc(C)cc3n2)[nH]c1=O. The smallest absolute Gasteiger partial charge is 0.254 e. The number of benzene rings is 1. The quantitative estimate of drug-likeness (QED) is 0.683. The molecule has 5 nitrogen and oxygen atoms in total. The van der Waals surface area contributed by atoms with Gasteiger partial charge in [-0.25, -0.2) is 15.0 Å². The predicted octanol–water partition coefficient (Wildman–Crippen LogP) is 3.96. The van der Waals surface area contributed by atoms with Crippen LogP contribution < -0.4 is 5.56 Å². The molecule has 0 saturated carbocycles. The Kier molecular flexibility index (Phi) is 5.45. The summed E-state index contributed by atoms with van der Waals surface area (Å²) in [5.74, 6) is 1.31. The van der Waals surface area contributed by atoms with Crippen molar-refractivity contribution in [2.45, 2.75) is 59.8 Å². The molecule has 0 aliphatic carbocycles. The number of hydrogen-bond donors (Lipinski definition) is 1. The van der Waals surface area contributed by atoms with Crippen LogP contribution in [0, 0.1) is 20.8 Å². The zero-order valence-electron chi connectivity index (χ0n) is 16.0. The summed E-state index contributed by atoms with van der Waals surface area (Å²) in [7, 11) is 0. The van der Waals surface area contributed by atoms with Crippen molar-refractivity contribution in [2.24, 2.45) is 0 Å². The Balaban J connectivity index is 1.89. The van der Waals surface area contributed by atoms with Crippen LogP contribution in [0.3, 0.4) is 0 Å². The number of nitrogens with zero attached hydrogens (tertiary/aromatic N) is 3. The fourth-order valence-corrected chi connectivity index (χ4v) is 3.29. The molecule has 2 aromatic heterocycles. The molecule has 3 rings (SSSR count). The Hall–Kier alpha value is -2.56. The van der Waals surface area contributed by atoms with Gasteiger partial charge in [0.05, 0.1) is 11.9 Å². The van der Waals surface area contributed by atoms with E-state index in [-0.39, 0.29) is 5.56 Å². The van der Waals surface area contributed by atoms with Gasteiger partial charge in [-0.3, -0.25) is 4.79 Å². The average molecular weight is 350 g/mol. The molecule has 1 aromatic carbocycles. The fraction of sp³-hybridized carbons (Fsp3) is 0.429. The van der Waals surface area contributed by atoms with E-state index in [2.05, 4.69) is 52.0 Å². The third-order valence-electron chi connectivity index (χ3n) is 4.72. The van der Waals surface area contributed by atoms with Gasteiger partial charge < -0.3 is 4.98 Å². The predicted molar refractivity (Wildman–Crippen MR) is 105 cm³/mol. The van der Waals surface area contributed by atoms with Crippen LogP contribution in [-0.2, 0) is 12.8 Å². The topological polar surface area (TPSA) is 71.5 Å². The summed E-state index contributed by atoms with van der Waals surface area (Å²) in [5, 5.41) is 1.06. The van der Waals surface area contributed by atoms with Gasteiger partial charge in [-0.05, 0) is 45.2 Å². The Labute approximate surface area is 153 Å². The van der Waals surface area contributed by atoms with E-state index in [9.17, 15) is 4.79 Å². The summed E-state index contributed by atoms with van der Waals surface area (Å²) in [6.07, 6.45) is 4.50. The number of aromatic amines is 1. The monoisotopic (exact) mass is 350 g/mol. The second-order valence-electron chi connectivity index (χ2n) is 6.96. The second kappa shape index (κ2) is 7.77. The third-order valence-corrected chi connectivity index (χ3v) is 4.72. The molecule has 0 atom stereocenters. The summed E-state index contributed by atoms with van der Waals surface area (Å²) >= 11 is 0. The van der Waals surface area contributed by atoms with Gasteiger partial charge in [0.15, 0.2) is 0 Å². The molecule has 0 fully saturated rings. The van der Waals surface area contributed by atoms with Gasteiger partial charge in [0.1, 0.15) is 11.6 Å². The molecule has 0 radical (unpaired) electrons. The Morgan fingerprint density at radius 2 is 1.81 bits per heavy atom. The molecule has 3 aromatic rings. The summed E-state index contributed by atoms with van der Waals surface area (Å²) in [6, 6.07) is 6.18. The molecule has 0 amide bonds. The molecule has 2 heterocycles. The number of fused-ring (bicyclic) bond motifs is 1. The van der Waals surface area contributed by atoms with E-state index in [1.165, 1.54) is 5.56 Å². The maximum absolute atomic E-state index is 12.4. The van der Waals surface area contributed by atoms with Crippen molar-refractivity contribution in [3.63, 3.8) is 0 Å². The van der Waals surface area contributed by atoms with E-state index in [0.717, 1.165) is 53.5 Å². The van der Waals surface area contributed by atoms with Gasteiger partial charge in [0.2, 0.25) is 0 Å². The van der Waals surface area contributed by atoms with Crippen LogP contribution in [0.15, 0.2) is 23.0 Å². The largest absolute Gasteiger partial charge is 0.310 e. The number of aryl methyl sites for hydroxylation is 3. The maximum Gasteiger partial charge on any atom is 0.254 e. The van der Waals surface area contributed by atoms with Gasteiger partial charge in [-0.1, -0.05) is 31.9 Å². The van der Waals surface area contributed by atoms with Crippen molar-refractivity contribution in [2.75, 3.05) is 0 Å². The highest BCUT2D eigenvalue weighted by atomic mass is 16.1. The zero-order chi connectivity index (χ0) is 18.7. The van der Waals surface area contributed by atoms with E-state index < -0.39 is 0 Å². The highest BCUT2D eigenvalue weighted by Gasteiger charge is 2.11. The molecule has 0 unspecified atom stereocenters. The highest BCUT2D eigenvalue weighted by molar-refractivity contribution is 5.81. The molecule has 0 saturated heterocycles. The Bertz CT molecular complexity index is 991. The van der Waals surface area contributed by atoms with Crippen LogP contribution in [0.5, 0.6) is 0 Å². The molecule has 1 N–H and O–H groups in total. The number of H-pyrrole nitrogens is 1. The fourth-order valence-electron chi connectivity index (χ4n) is 3.29. The summed E-state index contributed by atoms with van der Waals surface area (Å²) in [4.78, 5) is 29.2. The van der Waals surface area contributed by atoms with E-state index in [1.807, 2.05) is 13.8 Å². The second-order valence-corrected chi connectivity index (χ2v) is 6.96. The van der Waals surface area contributed by atoms with Gasteiger partial charge in [-0.15, -0.1) is 0 Å². The van der Waals surface area contributed by atoms with Gasteiger partial charge >= 0.3 is 0 Å². The summed E-state index contributed by atoms with van der Waals surface area (Å²) in [6.45, 7) is 8.11. The van der Waals surface area contributed by atoms with Crippen molar-refractivity contribution in [1.82, 2.24) is 19.9 Å². The first-order valence-electron chi connectivity index (χ1n) is 9.30. The Morgan fingerprint density at radius 1 is 1.00 bits per heavy atom. The molecular weight excluding hydrogens is 324 g/mol. The minimum absolute atomic E-state index is 0.0306. The molecule has 0 aliphatic rings. The number of unbranched alkanes of at least 4 members (excludes halogenated alkanes) is 2. The van der Waals surface area contributed by atoms with Crippen LogP contribution in [0.2, 0.25) is 0 Å². The molecule has 136 valence electrons. The van der Waals surface area contributed by atoms with Gasteiger partial charge in [-0.2, -0.15) is 0 Å². The number of aromatic nitrogens is 4. The lowest BCUT2D eigenvalue weighted by molar-refractivity contribution is 0.703. The van der Waals surface area contributed by atoms with Crippen LogP contribution in [0.25, 0.3) is 10.9 Å². The van der Waals surface area contributed by atoms with E-state index in [4.69, 9.17) is 0 Å². The average Bonchev–Trinajstić information content (AvgIpc) is 2.57. The number of nitrogens with one attached hydrogen (secondary N) is 1. The standard InChI is InChI=1S/C21H26N4O/c1-5-6-7-8-17-15(4)23-20(25-21(17)26)12-19-22-14(3)16-10-9-13(2)11-18(16)24-19/h9-11H,5-8,12H2,1-4H3,(H,23,25,26). The van der Waals surface area contributed by atoms with Crippen molar-refractivity contribution in [3.05, 3.63) is 62.7 Å². The first-order chi connectivity index (χ1) is 12.5. The first kappa shape index (κ1) is 18.2. The molecule has 0 bridgehead atoms. The van der Waals surface area contributed by atoms with Crippen LogP contribution in [-0.4, -0.2) is 19.9 Å². The van der Waals surface area contributed by atoms with Crippen LogP contribution >= 0.6 is 0 Å². The van der Waals surface area contributed by atoms with Gasteiger partial charge in [0, 0.05) is 22.3 Å². The van der Waals surface area contributed by atoms with Crippen LogP contribution in [0.1, 0.15) is 60.3 Å². The highest BCUT2D eigenvalue weighted by Crippen LogP contribution is 2.17. The van der Waals surface area contributed by atoms with Crippen molar-refractivity contribution >= 4 is 10.9 Å². The molecular formula is C21H26N4O. The summed E-state index contributed by atoms with van der Waals surface area (Å²) < 4.78 is 0. The Morgan fingerprint density at radius 3 is 2.54 bits per heavy atom. The van der Waals surface area contributed by atoms with Gasteiger partial charge in [0.25, 0.3) is 5.56 Å². The van der Waals surface area contributed by atoms with Crippen molar-refractivity contribution in [3.8, 4) is 0 Å². The van der Waals surface area contributed by atoms with E-state index in [0.29, 0.717) is 18.1 Å². The number of rotatable bonds is 6. The lowest BCUT2D eigenvalue weighted by atomic mass is 10.1.